The van der Waals surface area contributed by atoms with Crippen LogP contribution >= 0.6 is 23.6 Å². The first-order valence-corrected chi connectivity index (χ1v) is 8.40. The average Bonchev–Trinajstić information content (AvgIpc) is 3.26. The molecule has 0 saturated heterocycles. The van der Waals surface area contributed by atoms with Crippen LogP contribution in [0.3, 0.4) is 0 Å². The Labute approximate surface area is 148 Å². The van der Waals surface area contributed by atoms with E-state index in [-0.39, 0.29) is 0 Å². The van der Waals surface area contributed by atoms with E-state index in [1.165, 1.54) is 0 Å². The standard InChI is InChI=1S/C16H13N5OS2/c17-8-7-11-3-5-12(6-4-11)19-16(23)18-10-14-20-15(21-22-14)13-2-1-9-24-13/h1-6,9H,7,10H2,(H2,18,19,23). The lowest BCUT2D eigenvalue weighted by atomic mass is 10.1. The third-order valence-electron chi connectivity index (χ3n) is 3.10. The summed E-state index contributed by atoms with van der Waals surface area (Å²) in [5.41, 5.74) is 1.81. The molecule has 2 N–H and O–H groups in total. The molecular formula is C16H13N5OS2. The highest BCUT2D eigenvalue weighted by atomic mass is 32.1. The van der Waals surface area contributed by atoms with Crippen molar-refractivity contribution in [2.24, 2.45) is 0 Å². The van der Waals surface area contributed by atoms with Crippen molar-refractivity contribution in [2.45, 2.75) is 13.0 Å². The van der Waals surface area contributed by atoms with E-state index in [1.54, 1.807) is 11.3 Å². The molecule has 0 aliphatic carbocycles. The summed E-state index contributed by atoms with van der Waals surface area (Å²) in [6.45, 7) is 0.344. The minimum atomic E-state index is 0.344. The van der Waals surface area contributed by atoms with Gasteiger partial charge in [-0.25, -0.2) is 0 Å². The number of nitriles is 1. The van der Waals surface area contributed by atoms with Crippen LogP contribution < -0.4 is 10.6 Å². The smallest absolute Gasteiger partial charge is 0.246 e. The molecule has 0 amide bonds. The molecule has 0 aliphatic rings. The summed E-state index contributed by atoms with van der Waals surface area (Å²) in [6.07, 6.45) is 0.396. The SMILES string of the molecule is N#CCc1ccc(NC(=S)NCc2nc(-c3cccs3)no2)cc1. The molecule has 1 aromatic carbocycles. The van der Waals surface area contributed by atoms with Gasteiger partial charge in [-0.15, -0.1) is 11.3 Å². The first-order chi connectivity index (χ1) is 11.7. The fourth-order valence-electron chi connectivity index (χ4n) is 1.96. The second-order valence-electron chi connectivity index (χ2n) is 4.83. The van der Waals surface area contributed by atoms with E-state index < -0.39 is 0 Å². The zero-order valence-electron chi connectivity index (χ0n) is 12.5. The van der Waals surface area contributed by atoms with Crippen LogP contribution in [0.15, 0.2) is 46.3 Å². The molecule has 120 valence electrons. The summed E-state index contributed by atoms with van der Waals surface area (Å²) in [5, 5.41) is 21.1. The van der Waals surface area contributed by atoms with E-state index in [4.69, 9.17) is 22.0 Å². The third kappa shape index (κ3) is 4.16. The maximum atomic E-state index is 8.66. The molecule has 3 rings (SSSR count). The highest BCUT2D eigenvalue weighted by Crippen LogP contribution is 2.21. The molecule has 0 saturated carbocycles. The Morgan fingerprint density at radius 3 is 2.83 bits per heavy atom. The number of aromatic nitrogens is 2. The Morgan fingerprint density at radius 1 is 1.29 bits per heavy atom. The van der Waals surface area contributed by atoms with Crippen LogP contribution in [-0.4, -0.2) is 15.3 Å². The number of anilines is 1. The van der Waals surface area contributed by atoms with Crippen LogP contribution in [0.5, 0.6) is 0 Å². The van der Waals surface area contributed by atoms with E-state index in [9.17, 15) is 0 Å². The third-order valence-corrected chi connectivity index (χ3v) is 4.22. The molecular weight excluding hydrogens is 342 g/mol. The maximum absolute atomic E-state index is 8.66. The summed E-state index contributed by atoms with van der Waals surface area (Å²) in [4.78, 5) is 5.28. The highest BCUT2D eigenvalue weighted by molar-refractivity contribution is 7.80. The molecule has 24 heavy (non-hydrogen) atoms. The van der Waals surface area contributed by atoms with E-state index in [1.807, 2.05) is 41.8 Å². The number of hydrogen-bond donors (Lipinski definition) is 2. The number of thiocarbonyl (C=S) groups is 1. The second kappa shape index (κ2) is 7.68. The lowest BCUT2D eigenvalue weighted by molar-refractivity contribution is 0.376. The van der Waals surface area contributed by atoms with Crippen molar-refractivity contribution in [2.75, 3.05) is 5.32 Å². The predicted molar refractivity (Wildman–Crippen MR) is 96.4 cm³/mol. The van der Waals surface area contributed by atoms with Gasteiger partial charge in [0, 0.05) is 5.69 Å². The van der Waals surface area contributed by atoms with Crippen molar-refractivity contribution < 1.29 is 4.52 Å². The molecule has 0 atom stereocenters. The van der Waals surface area contributed by atoms with E-state index in [0.29, 0.717) is 29.8 Å². The van der Waals surface area contributed by atoms with Gasteiger partial charge in [-0.3, -0.25) is 0 Å². The zero-order valence-corrected chi connectivity index (χ0v) is 14.2. The summed E-state index contributed by atoms with van der Waals surface area (Å²) in [6, 6.07) is 13.5. The summed E-state index contributed by atoms with van der Waals surface area (Å²) >= 11 is 6.80. The van der Waals surface area contributed by atoms with Crippen LogP contribution in [-0.2, 0) is 13.0 Å². The molecule has 3 aromatic rings. The normalized spacial score (nSPS) is 10.1. The Kier molecular flexibility index (Phi) is 5.15. The Morgan fingerprint density at radius 2 is 2.12 bits per heavy atom. The van der Waals surface area contributed by atoms with E-state index in [2.05, 4.69) is 26.8 Å². The van der Waals surface area contributed by atoms with Crippen molar-refractivity contribution in [1.82, 2.24) is 15.5 Å². The lowest BCUT2D eigenvalue weighted by Gasteiger charge is -2.09. The van der Waals surface area contributed by atoms with Gasteiger partial charge in [0.05, 0.1) is 23.9 Å². The quantitative estimate of drug-likeness (QED) is 0.679. The number of rotatable bonds is 5. The van der Waals surface area contributed by atoms with Crippen molar-refractivity contribution in [3.05, 3.63) is 53.2 Å². The van der Waals surface area contributed by atoms with Crippen molar-refractivity contribution in [1.29, 1.82) is 5.26 Å². The number of thiophene rings is 1. The van der Waals surface area contributed by atoms with Crippen LogP contribution in [0, 0.1) is 11.3 Å². The van der Waals surface area contributed by atoms with Gasteiger partial charge in [-0.2, -0.15) is 10.2 Å². The molecule has 0 bridgehead atoms. The first kappa shape index (κ1) is 16.1. The second-order valence-corrected chi connectivity index (χ2v) is 6.18. The average molecular weight is 355 g/mol. The van der Waals surface area contributed by atoms with Crippen LogP contribution in [0.2, 0.25) is 0 Å². The Bertz CT molecular complexity index is 849. The molecule has 6 nitrogen and oxygen atoms in total. The topological polar surface area (TPSA) is 86.8 Å². The van der Waals surface area contributed by atoms with Gasteiger partial charge in [0.15, 0.2) is 5.11 Å². The Balaban J connectivity index is 1.51. The monoisotopic (exact) mass is 355 g/mol. The van der Waals surface area contributed by atoms with E-state index >= 15 is 0 Å². The van der Waals surface area contributed by atoms with E-state index in [0.717, 1.165) is 16.1 Å². The van der Waals surface area contributed by atoms with Crippen LogP contribution in [0.1, 0.15) is 11.5 Å². The molecule has 0 aliphatic heterocycles. The fourth-order valence-corrected chi connectivity index (χ4v) is 2.80. The summed E-state index contributed by atoms with van der Waals surface area (Å²) in [5.74, 6) is 1.04. The molecule has 8 heteroatoms. The van der Waals surface area contributed by atoms with Crippen LogP contribution in [0.25, 0.3) is 10.7 Å². The van der Waals surface area contributed by atoms with Crippen molar-refractivity contribution in [3.8, 4) is 16.8 Å². The number of nitrogens with one attached hydrogen (secondary N) is 2. The van der Waals surface area contributed by atoms with Gasteiger partial charge in [0.25, 0.3) is 0 Å². The summed E-state index contributed by atoms with van der Waals surface area (Å²) in [7, 11) is 0. The molecule has 0 unspecified atom stereocenters. The predicted octanol–water partition coefficient (Wildman–Crippen LogP) is 3.35. The first-order valence-electron chi connectivity index (χ1n) is 7.12. The van der Waals surface area contributed by atoms with Gasteiger partial charge >= 0.3 is 0 Å². The van der Waals surface area contributed by atoms with Crippen LogP contribution in [0.4, 0.5) is 5.69 Å². The largest absolute Gasteiger partial charge is 0.353 e. The Hall–Kier alpha value is -2.76. The highest BCUT2D eigenvalue weighted by Gasteiger charge is 2.09. The van der Waals surface area contributed by atoms with Crippen molar-refractivity contribution >= 4 is 34.4 Å². The minimum Gasteiger partial charge on any atom is -0.353 e. The van der Waals surface area contributed by atoms with Gasteiger partial charge in [-0.05, 0) is 41.4 Å². The number of nitrogens with zero attached hydrogens (tertiary/aromatic N) is 3. The molecule has 2 aromatic heterocycles. The number of hydrogen-bond acceptors (Lipinski definition) is 6. The molecule has 0 spiro atoms. The van der Waals surface area contributed by atoms with Gasteiger partial charge in [-0.1, -0.05) is 23.4 Å². The minimum absolute atomic E-state index is 0.344. The molecule has 0 fully saturated rings. The molecule has 2 heterocycles. The molecule has 0 radical (unpaired) electrons. The van der Waals surface area contributed by atoms with Gasteiger partial charge < -0.3 is 15.2 Å². The fraction of sp³-hybridized carbons (Fsp3) is 0.125. The summed E-state index contributed by atoms with van der Waals surface area (Å²) < 4.78 is 5.20. The number of benzene rings is 1. The van der Waals surface area contributed by atoms with Gasteiger partial charge in [0.2, 0.25) is 11.7 Å². The lowest BCUT2D eigenvalue weighted by Crippen LogP contribution is -2.28. The maximum Gasteiger partial charge on any atom is 0.246 e. The van der Waals surface area contributed by atoms with Gasteiger partial charge in [0.1, 0.15) is 0 Å². The zero-order chi connectivity index (χ0) is 16.8. The van der Waals surface area contributed by atoms with Crippen molar-refractivity contribution in [3.63, 3.8) is 0 Å².